The molecule has 0 saturated carbocycles. The summed E-state index contributed by atoms with van der Waals surface area (Å²) in [7, 11) is 0. The van der Waals surface area contributed by atoms with E-state index in [1.165, 1.54) is 6.07 Å². The molecule has 1 N–H and O–H groups in total. The Hall–Kier alpha value is -2.89. The second-order valence-electron chi connectivity index (χ2n) is 4.07. The van der Waals surface area contributed by atoms with E-state index in [4.69, 9.17) is 9.84 Å². The van der Waals surface area contributed by atoms with Crippen molar-refractivity contribution in [3.8, 4) is 11.6 Å². The maximum Gasteiger partial charge on any atom is 0.339 e. The third kappa shape index (κ3) is 2.07. The minimum atomic E-state index is -1.18. The van der Waals surface area contributed by atoms with Gasteiger partial charge in [-0.25, -0.2) is 14.2 Å². The first-order valence-electron chi connectivity index (χ1n) is 5.78. The minimum Gasteiger partial charge on any atom is -0.478 e. The van der Waals surface area contributed by atoms with E-state index in [0.29, 0.717) is 11.5 Å². The molecule has 2 aromatic heterocycles. The molecule has 0 radical (unpaired) electrons. The van der Waals surface area contributed by atoms with Crippen LogP contribution in [0.3, 0.4) is 0 Å². The lowest BCUT2D eigenvalue weighted by Gasteiger charge is -2.10. The Balaban J connectivity index is 2.09. The summed E-state index contributed by atoms with van der Waals surface area (Å²) in [6.07, 6.45) is 3.26. The van der Waals surface area contributed by atoms with Crippen molar-refractivity contribution in [1.29, 1.82) is 0 Å². The molecule has 0 amide bonds. The summed E-state index contributed by atoms with van der Waals surface area (Å²) in [5.41, 5.74) is 0.541. The van der Waals surface area contributed by atoms with Crippen LogP contribution in [0, 0.1) is 5.82 Å². The molecule has 3 rings (SSSR count). The molecule has 0 aliphatic heterocycles. The molecule has 0 aliphatic rings. The van der Waals surface area contributed by atoms with Crippen LogP contribution in [0.2, 0.25) is 0 Å². The SMILES string of the molecule is O=C(O)c1ccc(F)cc1Oc1cccc2nccn12. The fourth-order valence-corrected chi connectivity index (χ4v) is 1.87. The molecule has 6 heteroatoms. The number of benzene rings is 1. The maximum atomic E-state index is 13.3. The normalized spacial score (nSPS) is 10.7. The maximum absolute atomic E-state index is 13.3. The number of halogens is 1. The van der Waals surface area contributed by atoms with E-state index in [-0.39, 0.29) is 11.3 Å². The van der Waals surface area contributed by atoms with Crippen molar-refractivity contribution in [2.75, 3.05) is 0 Å². The van der Waals surface area contributed by atoms with Gasteiger partial charge < -0.3 is 9.84 Å². The number of carbonyl (C=O) groups is 1. The fraction of sp³-hybridized carbons (Fsp3) is 0. The van der Waals surface area contributed by atoms with Gasteiger partial charge in [-0.3, -0.25) is 4.40 Å². The van der Waals surface area contributed by atoms with Gasteiger partial charge in [-0.05, 0) is 24.3 Å². The summed E-state index contributed by atoms with van der Waals surface area (Å²) < 4.78 is 20.4. The van der Waals surface area contributed by atoms with Crippen molar-refractivity contribution < 1.29 is 19.0 Å². The van der Waals surface area contributed by atoms with Gasteiger partial charge in [0.05, 0.1) is 0 Å². The van der Waals surface area contributed by atoms with Crippen molar-refractivity contribution in [2.24, 2.45) is 0 Å². The molecule has 0 unspecified atom stereocenters. The largest absolute Gasteiger partial charge is 0.478 e. The quantitative estimate of drug-likeness (QED) is 0.796. The standard InChI is InChI=1S/C14H9FN2O3/c15-9-4-5-10(14(18)19)11(8-9)20-13-3-1-2-12-16-6-7-17(12)13/h1-8H,(H,18,19). The highest BCUT2D eigenvalue weighted by Crippen LogP contribution is 2.26. The van der Waals surface area contributed by atoms with Crippen molar-refractivity contribution in [1.82, 2.24) is 9.38 Å². The molecule has 3 aromatic rings. The van der Waals surface area contributed by atoms with Crippen LogP contribution in [0.25, 0.3) is 5.65 Å². The Labute approximate surface area is 112 Å². The summed E-state index contributed by atoms with van der Waals surface area (Å²) in [6, 6.07) is 8.42. The lowest BCUT2D eigenvalue weighted by molar-refractivity contribution is 0.0694. The number of aromatic nitrogens is 2. The zero-order valence-electron chi connectivity index (χ0n) is 10.2. The van der Waals surface area contributed by atoms with Crippen LogP contribution in [-0.2, 0) is 0 Å². The van der Waals surface area contributed by atoms with Gasteiger partial charge in [0.1, 0.15) is 22.8 Å². The second-order valence-corrected chi connectivity index (χ2v) is 4.07. The second kappa shape index (κ2) is 4.65. The summed E-state index contributed by atoms with van der Waals surface area (Å²) in [5, 5.41) is 9.09. The average molecular weight is 272 g/mol. The van der Waals surface area contributed by atoms with E-state index in [1.54, 1.807) is 35.0 Å². The zero-order valence-corrected chi connectivity index (χ0v) is 10.2. The van der Waals surface area contributed by atoms with E-state index in [9.17, 15) is 9.18 Å². The first-order valence-corrected chi connectivity index (χ1v) is 5.78. The Morgan fingerprint density at radius 1 is 1.30 bits per heavy atom. The molecular weight excluding hydrogens is 263 g/mol. The van der Waals surface area contributed by atoms with Gasteiger partial charge in [0.15, 0.2) is 0 Å². The van der Waals surface area contributed by atoms with Crippen molar-refractivity contribution >= 4 is 11.6 Å². The van der Waals surface area contributed by atoms with Gasteiger partial charge in [0, 0.05) is 18.5 Å². The molecule has 2 heterocycles. The third-order valence-electron chi connectivity index (χ3n) is 2.78. The number of fused-ring (bicyclic) bond motifs is 1. The van der Waals surface area contributed by atoms with Crippen LogP contribution in [0.4, 0.5) is 4.39 Å². The minimum absolute atomic E-state index is 0.0568. The number of pyridine rings is 1. The Kier molecular flexibility index (Phi) is 2.83. The molecule has 100 valence electrons. The highest BCUT2D eigenvalue weighted by Gasteiger charge is 2.14. The summed E-state index contributed by atoms with van der Waals surface area (Å²) in [4.78, 5) is 15.2. The predicted molar refractivity (Wildman–Crippen MR) is 68.6 cm³/mol. The molecule has 0 saturated heterocycles. The van der Waals surface area contributed by atoms with Gasteiger partial charge in [0.25, 0.3) is 0 Å². The monoisotopic (exact) mass is 272 g/mol. The number of rotatable bonds is 3. The van der Waals surface area contributed by atoms with Gasteiger partial charge in [-0.1, -0.05) is 6.07 Å². The Morgan fingerprint density at radius 2 is 2.15 bits per heavy atom. The molecule has 0 spiro atoms. The number of ether oxygens (including phenoxy) is 1. The molecule has 0 fully saturated rings. The van der Waals surface area contributed by atoms with E-state index < -0.39 is 11.8 Å². The molecule has 20 heavy (non-hydrogen) atoms. The number of nitrogens with zero attached hydrogens (tertiary/aromatic N) is 2. The van der Waals surface area contributed by atoms with E-state index in [1.807, 2.05) is 0 Å². The van der Waals surface area contributed by atoms with Gasteiger partial charge in [0.2, 0.25) is 5.88 Å². The van der Waals surface area contributed by atoms with Crippen molar-refractivity contribution in [2.45, 2.75) is 0 Å². The Bertz CT molecular complexity index is 798. The molecule has 5 nitrogen and oxygen atoms in total. The van der Waals surface area contributed by atoms with Crippen LogP contribution >= 0.6 is 0 Å². The van der Waals surface area contributed by atoms with Gasteiger partial charge >= 0.3 is 5.97 Å². The van der Waals surface area contributed by atoms with Gasteiger partial charge in [-0.2, -0.15) is 0 Å². The van der Waals surface area contributed by atoms with Crippen LogP contribution in [0.15, 0.2) is 48.8 Å². The molecule has 0 aliphatic carbocycles. The first kappa shape index (κ1) is 12.2. The molecular formula is C14H9FN2O3. The molecule has 1 aromatic carbocycles. The number of carboxylic acid groups (broad SMARTS) is 1. The van der Waals surface area contributed by atoms with E-state index >= 15 is 0 Å². The number of aromatic carboxylic acids is 1. The zero-order chi connectivity index (χ0) is 14.1. The smallest absolute Gasteiger partial charge is 0.339 e. The fourth-order valence-electron chi connectivity index (χ4n) is 1.87. The third-order valence-corrected chi connectivity index (χ3v) is 2.78. The average Bonchev–Trinajstić information content (AvgIpc) is 2.88. The molecule has 0 atom stereocenters. The predicted octanol–water partition coefficient (Wildman–Crippen LogP) is 2.96. The van der Waals surface area contributed by atoms with Crippen LogP contribution in [0.5, 0.6) is 11.6 Å². The summed E-state index contributed by atoms with van der Waals surface area (Å²) in [6.45, 7) is 0. The van der Waals surface area contributed by atoms with E-state index in [2.05, 4.69) is 4.98 Å². The van der Waals surface area contributed by atoms with Crippen LogP contribution in [-0.4, -0.2) is 20.5 Å². The van der Waals surface area contributed by atoms with Gasteiger partial charge in [-0.15, -0.1) is 0 Å². The Morgan fingerprint density at radius 3 is 2.95 bits per heavy atom. The number of imidazole rings is 1. The topological polar surface area (TPSA) is 63.8 Å². The number of carboxylic acids is 1. The summed E-state index contributed by atoms with van der Waals surface area (Å²) in [5.74, 6) is -1.45. The summed E-state index contributed by atoms with van der Waals surface area (Å²) >= 11 is 0. The van der Waals surface area contributed by atoms with Crippen LogP contribution in [0.1, 0.15) is 10.4 Å². The first-order chi connectivity index (χ1) is 9.65. The number of hydrogen-bond acceptors (Lipinski definition) is 3. The molecule has 0 bridgehead atoms. The lowest BCUT2D eigenvalue weighted by Crippen LogP contribution is -2.02. The highest BCUT2D eigenvalue weighted by atomic mass is 19.1. The number of hydrogen-bond donors (Lipinski definition) is 1. The van der Waals surface area contributed by atoms with Crippen molar-refractivity contribution in [3.05, 3.63) is 60.2 Å². The lowest BCUT2D eigenvalue weighted by atomic mass is 10.2. The van der Waals surface area contributed by atoms with E-state index in [0.717, 1.165) is 12.1 Å². The van der Waals surface area contributed by atoms with Crippen LogP contribution < -0.4 is 4.74 Å². The van der Waals surface area contributed by atoms with Crippen molar-refractivity contribution in [3.63, 3.8) is 0 Å². The highest BCUT2D eigenvalue weighted by molar-refractivity contribution is 5.90.